The molecule has 0 aliphatic heterocycles. The Labute approximate surface area is 94.7 Å². The Morgan fingerprint density at radius 2 is 2.29 bits per heavy atom. The highest BCUT2D eigenvalue weighted by atomic mass is 16.6. The molecule has 1 rings (SSSR count). The molecule has 1 aromatic rings. The summed E-state index contributed by atoms with van der Waals surface area (Å²) in [5.41, 5.74) is -0.363. The third-order valence-corrected chi connectivity index (χ3v) is 1.71. The largest absolute Gasteiger partial charge is 0.480 e. The summed E-state index contributed by atoms with van der Waals surface area (Å²) >= 11 is 0. The Hall–Kier alpha value is -2.45. The summed E-state index contributed by atoms with van der Waals surface area (Å²) in [6, 6.07) is 0. The minimum absolute atomic E-state index is 0.0557. The molecule has 0 radical (unpaired) electrons. The van der Waals surface area contributed by atoms with Crippen LogP contribution in [-0.2, 0) is 16.1 Å². The number of carbonyl (C=O) groups is 2. The number of hydrogen-bond donors (Lipinski definition) is 1. The monoisotopic (exact) mass is 243 g/mol. The van der Waals surface area contributed by atoms with Gasteiger partial charge in [-0.2, -0.15) is 4.68 Å². The molecule has 0 saturated carbocycles. The Morgan fingerprint density at radius 1 is 1.65 bits per heavy atom. The number of hydrogen-bond acceptors (Lipinski definition) is 6. The number of nitro groups is 1. The molecule has 0 spiro atoms. The van der Waals surface area contributed by atoms with Crippen molar-refractivity contribution in [2.75, 3.05) is 6.61 Å². The first kappa shape index (κ1) is 12.6. The van der Waals surface area contributed by atoms with Gasteiger partial charge in [-0.1, -0.05) is 0 Å². The highest BCUT2D eigenvalue weighted by Crippen LogP contribution is 2.16. The molecule has 1 aromatic heterocycles. The zero-order valence-corrected chi connectivity index (χ0v) is 8.82. The van der Waals surface area contributed by atoms with Crippen LogP contribution in [0, 0.1) is 10.1 Å². The molecular weight excluding hydrogens is 234 g/mol. The third kappa shape index (κ3) is 3.00. The molecule has 0 aromatic carbocycles. The Morgan fingerprint density at radius 3 is 2.76 bits per heavy atom. The Balaban J connectivity index is 3.09. The van der Waals surface area contributed by atoms with Crippen LogP contribution in [0.5, 0.6) is 0 Å². The zero-order chi connectivity index (χ0) is 13.0. The van der Waals surface area contributed by atoms with Crippen molar-refractivity contribution in [3.63, 3.8) is 0 Å². The molecule has 9 nitrogen and oxygen atoms in total. The van der Waals surface area contributed by atoms with E-state index in [2.05, 4.69) is 9.84 Å². The number of carboxylic acid groups (broad SMARTS) is 1. The quantitative estimate of drug-likeness (QED) is 0.440. The highest BCUT2D eigenvalue weighted by molar-refractivity contribution is 5.92. The minimum atomic E-state index is -1.22. The molecule has 0 aliphatic carbocycles. The predicted octanol–water partition coefficient (Wildman–Crippen LogP) is 0.0526. The third-order valence-electron chi connectivity index (χ3n) is 1.71. The molecule has 0 saturated heterocycles. The summed E-state index contributed by atoms with van der Waals surface area (Å²) in [7, 11) is 0. The molecule has 0 fully saturated rings. The van der Waals surface area contributed by atoms with Crippen LogP contribution in [0.4, 0.5) is 5.82 Å². The molecule has 0 bridgehead atoms. The lowest BCUT2D eigenvalue weighted by Crippen LogP contribution is -2.09. The summed E-state index contributed by atoms with van der Waals surface area (Å²) < 4.78 is 5.39. The van der Waals surface area contributed by atoms with E-state index in [0.717, 1.165) is 10.9 Å². The first-order valence-electron chi connectivity index (χ1n) is 4.56. The summed E-state index contributed by atoms with van der Waals surface area (Å²) in [4.78, 5) is 31.5. The van der Waals surface area contributed by atoms with E-state index in [1.165, 1.54) is 0 Å². The highest BCUT2D eigenvalue weighted by Gasteiger charge is 2.27. The van der Waals surface area contributed by atoms with Gasteiger partial charge in [-0.05, 0) is 11.8 Å². The zero-order valence-electron chi connectivity index (χ0n) is 8.82. The average molecular weight is 243 g/mol. The van der Waals surface area contributed by atoms with E-state index in [0.29, 0.717) is 0 Å². The number of nitrogens with zero attached hydrogens (tertiary/aromatic N) is 3. The topological polar surface area (TPSA) is 125 Å². The van der Waals surface area contributed by atoms with Crippen molar-refractivity contribution in [2.45, 2.75) is 13.5 Å². The van der Waals surface area contributed by atoms with Crippen LogP contribution in [0.3, 0.4) is 0 Å². The SMILES string of the molecule is CCOC(=O)c1cn(CC(=O)O)nc1[N+](=O)[O-]. The number of aromatic nitrogens is 2. The number of ether oxygens (including phenoxy) is 1. The van der Waals surface area contributed by atoms with Crippen molar-refractivity contribution < 1.29 is 24.4 Å². The number of aliphatic carboxylic acids is 1. The van der Waals surface area contributed by atoms with Gasteiger partial charge in [-0.15, -0.1) is 0 Å². The van der Waals surface area contributed by atoms with Gasteiger partial charge in [0.1, 0.15) is 0 Å². The predicted molar refractivity (Wildman–Crippen MR) is 52.5 cm³/mol. The number of esters is 1. The number of rotatable bonds is 5. The average Bonchev–Trinajstić information content (AvgIpc) is 2.61. The second-order valence-corrected chi connectivity index (χ2v) is 2.94. The fourth-order valence-corrected chi connectivity index (χ4v) is 1.12. The fraction of sp³-hybridized carbons (Fsp3) is 0.375. The van der Waals surface area contributed by atoms with Crippen LogP contribution in [0.15, 0.2) is 6.20 Å². The van der Waals surface area contributed by atoms with Crippen LogP contribution >= 0.6 is 0 Å². The van der Waals surface area contributed by atoms with Crippen LogP contribution in [-0.4, -0.2) is 38.4 Å². The van der Waals surface area contributed by atoms with Crippen LogP contribution in [0.2, 0.25) is 0 Å². The maximum atomic E-state index is 11.3. The summed E-state index contributed by atoms with van der Waals surface area (Å²) in [6.45, 7) is 1.03. The molecule has 0 aliphatic rings. The molecule has 0 unspecified atom stereocenters. The number of carboxylic acids is 1. The Kier molecular flexibility index (Phi) is 3.75. The van der Waals surface area contributed by atoms with Crippen molar-refractivity contribution in [1.29, 1.82) is 0 Å². The van der Waals surface area contributed by atoms with E-state index in [9.17, 15) is 19.7 Å². The van der Waals surface area contributed by atoms with E-state index < -0.39 is 29.2 Å². The van der Waals surface area contributed by atoms with Crippen molar-refractivity contribution in [3.05, 3.63) is 21.9 Å². The van der Waals surface area contributed by atoms with Gasteiger partial charge in [0.2, 0.25) is 0 Å². The second kappa shape index (κ2) is 5.05. The Bertz CT molecular complexity index is 466. The van der Waals surface area contributed by atoms with Gasteiger partial charge < -0.3 is 20.0 Å². The minimum Gasteiger partial charge on any atom is -0.480 e. The van der Waals surface area contributed by atoms with Crippen molar-refractivity contribution in [3.8, 4) is 0 Å². The molecule has 1 N–H and O–H groups in total. The van der Waals surface area contributed by atoms with Crippen LogP contribution in [0.1, 0.15) is 17.3 Å². The molecule has 1 heterocycles. The lowest BCUT2D eigenvalue weighted by atomic mass is 10.3. The van der Waals surface area contributed by atoms with Gasteiger partial charge in [-0.25, -0.2) is 4.79 Å². The lowest BCUT2D eigenvalue weighted by molar-refractivity contribution is -0.390. The molecule has 9 heteroatoms. The lowest BCUT2D eigenvalue weighted by Gasteiger charge is -1.97. The van der Waals surface area contributed by atoms with Gasteiger partial charge in [0, 0.05) is 0 Å². The van der Waals surface area contributed by atoms with E-state index >= 15 is 0 Å². The van der Waals surface area contributed by atoms with E-state index in [1.54, 1.807) is 6.92 Å². The maximum absolute atomic E-state index is 11.3. The summed E-state index contributed by atoms with van der Waals surface area (Å²) in [5, 5.41) is 22.5. The summed E-state index contributed by atoms with van der Waals surface area (Å²) in [6.07, 6.45) is 0.976. The number of carbonyl (C=O) groups excluding carboxylic acids is 1. The van der Waals surface area contributed by atoms with E-state index in [1.807, 2.05) is 0 Å². The molecule has 0 amide bonds. The maximum Gasteiger partial charge on any atom is 0.404 e. The van der Waals surface area contributed by atoms with Gasteiger partial charge in [0.15, 0.2) is 12.1 Å². The smallest absolute Gasteiger partial charge is 0.404 e. The fourth-order valence-electron chi connectivity index (χ4n) is 1.12. The van der Waals surface area contributed by atoms with Gasteiger partial charge in [-0.3, -0.25) is 4.79 Å². The normalized spacial score (nSPS) is 9.94. The van der Waals surface area contributed by atoms with Crippen molar-refractivity contribution in [2.24, 2.45) is 0 Å². The van der Waals surface area contributed by atoms with Gasteiger partial charge >= 0.3 is 17.8 Å². The molecule has 0 atom stereocenters. The van der Waals surface area contributed by atoms with Crippen LogP contribution in [0.25, 0.3) is 0 Å². The van der Waals surface area contributed by atoms with Gasteiger partial charge in [0.25, 0.3) is 0 Å². The first-order valence-corrected chi connectivity index (χ1v) is 4.56. The van der Waals surface area contributed by atoms with Gasteiger partial charge in [0.05, 0.1) is 17.9 Å². The van der Waals surface area contributed by atoms with Crippen molar-refractivity contribution in [1.82, 2.24) is 9.78 Å². The van der Waals surface area contributed by atoms with Crippen LogP contribution < -0.4 is 0 Å². The summed E-state index contributed by atoms with van der Waals surface area (Å²) in [5.74, 6) is -2.85. The van der Waals surface area contributed by atoms with E-state index in [4.69, 9.17) is 5.11 Å². The second-order valence-electron chi connectivity index (χ2n) is 2.94. The molecular formula is C8H9N3O6. The molecule has 17 heavy (non-hydrogen) atoms. The van der Waals surface area contributed by atoms with Crippen molar-refractivity contribution >= 4 is 17.8 Å². The standard InChI is InChI=1S/C8H9N3O6/c1-2-17-8(14)5-3-10(4-6(12)13)9-7(5)11(15)16/h3H,2,4H2,1H3,(H,12,13). The molecule has 92 valence electrons. The first-order chi connectivity index (χ1) is 7.95. The van der Waals surface area contributed by atoms with E-state index in [-0.39, 0.29) is 12.2 Å².